The summed E-state index contributed by atoms with van der Waals surface area (Å²) < 4.78 is 0. The molecule has 0 radical (unpaired) electrons. The summed E-state index contributed by atoms with van der Waals surface area (Å²) in [5.74, 6) is 1.10. The van der Waals surface area contributed by atoms with E-state index in [1.165, 1.54) is 38.5 Å². The highest BCUT2D eigenvalue weighted by Crippen LogP contribution is 2.61. The smallest absolute Gasteiger partial charge is 0.305 e. The number of hydrogen-bond acceptors (Lipinski definition) is 3. The average Bonchev–Trinajstić information content (AvgIpc) is 2.42. The van der Waals surface area contributed by atoms with Crippen molar-refractivity contribution in [2.45, 2.75) is 64.3 Å². The summed E-state index contributed by atoms with van der Waals surface area (Å²) in [6.07, 6.45) is 8.00. The number of hydrogen-bond donors (Lipinski definition) is 3. The summed E-state index contributed by atoms with van der Waals surface area (Å²) in [5, 5.41) is 14.0. The molecule has 0 aliphatic heterocycles. The Labute approximate surface area is 142 Å². The SMILES string of the molecule is CC(CC(=O)O)NC(=O)CNC(=O)CC12CC3CC(CC(C3)C1)C2. The molecule has 4 aliphatic rings. The van der Waals surface area contributed by atoms with Crippen LogP contribution in [-0.2, 0) is 14.4 Å². The van der Waals surface area contributed by atoms with Crippen LogP contribution in [0.4, 0.5) is 0 Å². The summed E-state index contributed by atoms with van der Waals surface area (Å²) >= 11 is 0. The van der Waals surface area contributed by atoms with Crippen LogP contribution in [0.25, 0.3) is 0 Å². The van der Waals surface area contributed by atoms with Crippen molar-refractivity contribution in [1.82, 2.24) is 10.6 Å². The van der Waals surface area contributed by atoms with Gasteiger partial charge in [-0.25, -0.2) is 0 Å². The Balaban J connectivity index is 1.43. The molecule has 3 N–H and O–H groups in total. The third-order valence-corrected chi connectivity index (χ3v) is 6.03. The predicted octanol–water partition coefficient (Wildman–Crippen LogP) is 1.69. The van der Waals surface area contributed by atoms with Crippen molar-refractivity contribution in [3.63, 3.8) is 0 Å². The van der Waals surface area contributed by atoms with E-state index >= 15 is 0 Å². The molecular weight excluding hydrogens is 308 g/mol. The van der Waals surface area contributed by atoms with E-state index in [1.807, 2.05) is 0 Å². The number of nitrogens with one attached hydrogen (secondary N) is 2. The van der Waals surface area contributed by atoms with Gasteiger partial charge in [0.2, 0.25) is 11.8 Å². The number of carbonyl (C=O) groups excluding carboxylic acids is 2. The van der Waals surface area contributed by atoms with Crippen LogP contribution in [0.2, 0.25) is 0 Å². The van der Waals surface area contributed by atoms with Crippen LogP contribution in [0.1, 0.15) is 58.3 Å². The fraction of sp³-hybridized carbons (Fsp3) is 0.833. The summed E-state index contributed by atoms with van der Waals surface area (Å²) in [5.41, 5.74) is 0.173. The molecular formula is C18H28N2O4. The van der Waals surface area contributed by atoms with Gasteiger partial charge in [0.15, 0.2) is 0 Å². The fourth-order valence-corrected chi connectivity index (χ4v) is 5.73. The summed E-state index contributed by atoms with van der Waals surface area (Å²) in [6, 6.07) is -0.435. The van der Waals surface area contributed by atoms with Crippen LogP contribution in [0.3, 0.4) is 0 Å². The van der Waals surface area contributed by atoms with Crippen LogP contribution >= 0.6 is 0 Å². The quantitative estimate of drug-likeness (QED) is 0.659. The van der Waals surface area contributed by atoms with Crippen molar-refractivity contribution in [2.75, 3.05) is 6.54 Å². The number of carbonyl (C=O) groups is 3. The third kappa shape index (κ3) is 4.08. The second-order valence-electron chi connectivity index (χ2n) is 8.44. The molecule has 0 saturated heterocycles. The van der Waals surface area contributed by atoms with Gasteiger partial charge in [-0.05, 0) is 68.6 Å². The van der Waals surface area contributed by atoms with Crippen LogP contribution in [0.5, 0.6) is 0 Å². The first-order valence-electron chi connectivity index (χ1n) is 9.11. The van der Waals surface area contributed by atoms with Crippen molar-refractivity contribution >= 4 is 17.8 Å². The number of amides is 2. The van der Waals surface area contributed by atoms with E-state index in [2.05, 4.69) is 10.6 Å². The number of rotatable bonds is 7. The molecule has 4 bridgehead atoms. The molecule has 4 rings (SSSR count). The van der Waals surface area contributed by atoms with Gasteiger partial charge in [0, 0.05) is 12.5 Å². The molecule has 0 aromatic heterocycles. The Morgan fingerprint density at radius 2 is 1.58 bits per heavy atom. The highest BCUT2D eigenvalue weighted by atomic mass is 16.4. The van der Waals surface area contributed by atoms with Crippen molar-refractivity contribution in [2.24, 2.45) is 23.2 Å². The maximum absolute atomic E-state index is 12.3. The maximum atomic E-state index is 12.3. The zero-order chi connectivity index (χ0) is 17.3. The van der Waals surface area contributed by atoms with Crippen molar-refractivity contribution < 1.29 is 19.5 Å². The zero-order valence-corrected chi connectivity index (χ0v) is 14.3. The van der Waals surface area contributed by atoms with Gasteiger partial charge in [0.1, 0.15) is 0 Å². The molecule has 1 unspecified atom stereocenters. The summed E-state index contributed by atoms with van der Waals surface area (Å²) in [6.45, 7) is 1.57. The molecule has 6 nitrogen and oxygen atoms in total. The Morgan fingerprint density at radius 3 is 2.08 bits per heavy atom. The molecule has 4 saturated carbocycles. The number of carboxylic acids is 1. The van der Waals surface area contributed by atoms with Gasteiger partial charge < -0.3 is 15.7 Å². The lowest BCUT2D eigenvalue weighted by atomic mass is 9.49. The molecule has 0 spiro atoms. The lowest BCUT2D eigenvalue weighted by Gasteiger charge is -2.56. The zero-order valence-electron chi connectivity index (χ0n) is 14.3. The Kier molecular flexibility index (Phi) is 4.83. The van der Waals surface area contributed by atoms with E-state index in [0.29, 0.717) is 6.42 Å². The van der Waals surface area contributed by atoms with Crippen molar-refractivity contribution in [3.8, 4) is 0 Å². The minimum Gasteiger partial charge on any atom is -0.481 e. The van der Waals surface area contributed by atoms with Gasteiger partial charge in [0.25, 0.3) is 0 Å². The molecule has 24 heavy (non-hydrogen) atoms. The topological polar surface area (TPSA) is 95.5 Å². The number of carboxylic acid groups (broad SMARTS) is 1. The Morgan fingerprint density at radius 1 is 1.04 bits per heavy atom. The molecule has 6 heteroatoms. The van der Waals surface area contributed by atoms with Crippen LogP contribution in [0.15, 0.2) is 0 Å². The van der Waals surface area contributed by atoms with Gasteiger partial charge >= 0.3 is 5.97 Å². The van der Waals surface area contributed by atoms with E-state index in [-0.39, 0.29) is 30.2 Å². The molecule has 0 aromatic rings. The van der Waals surface area contributed by atoms with Crippen LogP contribution < -0.4 is 10.6 Å². The van der Waals surface area contributed by atoms with Gasteiger partial charge in [-0.1, -0.05) is 0 Å². The number of aliphatic carboxylic acids is 1. The molecule has 0 aromatic carbocycles. The molecule has 2 amide bonds. The van der Waals surface area contributed by atoms with Gasteiger partial charge in [-0.2, -0.15) is 0 Å². The Hall–Kier alpha value is -1.59. The Bertz CT molecular complexity index is 496. The van der Waals surface area contributed by atoms with E-state index in [0.717, 1.165) is 17.8 Å². The molecule has 134 valence electrons. The summed E-state index contributed by atoms with van der Waals surface area (Å²) in [7, 11) is 0. The third-order valence-electron chi connectivity index (χ3n) is 6.03. The van der Waals surface area contributed by atoms with E-state index in [4.69, 9.17) is 5.11 Å². The van der Waals surface area contributed by atoms with Gasteiger partial charge in [-0.15, -0.1) is 0 Å². The lowest BCUT2D eigenvalue weighted by Crippen LogP contribution is -2.48. The second kappa shape index (κ2) is 6.73. The highest BCUT2D eigenvalue weighted by molar-refractivity contribution is 5.85. The summed E-state index contributed by atoms with van der Waals surface area (Å²) in [4.78, 5) is 34.7. The van der Waals surface area contributed by atoms with Crippen molar-refractivity contribution in [1.29, 1.82) is 0 Å². The van der Waals surface area contributed by atoms with Crippen molar-refractivity contribution in [3.05, 3.63) is 0 Å². The van der Waals surface area contributed by atoms with Crippen LogP contribution in [-0.4, -0.2) is 35.5 Å². The van der Waals surface area contributed by atoms with E-state index in [1.54, 1.807) is 6.92 Å². The maximum Gasteiger partial charge on any atom is 0.305 e. The second-order valence-corrected chi connectivity index (χ2v) is 8.44. The largest absolute Gasteiger partial charge is 0.481 e. The first kappa shape index (κ1) is 17.2. The lowest BCUT2D eigenvalue weighted by molar-refractivity contribution is -0.138. The monoisotopic (exact) mass is 336 g/mol. The van der Waals surface area contributed by atoms with Gasteiger partial charge in [0.05, 0.1) is 13.0 Å². The minimum absolute atomic E-state index is 0.0435. The normalized spacial score (nSPS) is 34.6. The standard InChI is InChI=1S/C18H28N2O4/c1-11(2-17(23)24)20-16(22)10-19-15(21)9-18-6-12-3-13(7-18)5-14(4-12)8-18/h11-14H,2-10H2,1H3,(H,19,21)(H,20,22)(H,23,24). The molecule has 4 aliphatic carbocycles. The first-order chi connectivity index (χ1) is 11.3. The van der Waals surface area contributed by atoms with E-state index in [9.17, 15) is 14.4 Å². The highest BCUT2D eigenvalue weighted by Gasteiger charge is 2.51. The van der Waals surface area contributed by atoms with E-state index < -0.39 is 12.0 Å². The first-order valence-corrected chi connectivity index (χ1v) is 9.11. The average molecular weight is 336 g/mol. The molecule has 0 heterocycles. The molecule has 4 fully saturated rings. The minimum atomic E-state index is -0.950. The predicted molar refractivity (Wildman–Crippen MR) is 88.1 cm³/mol. The fourth-order valence-electron chi connectivity index (χ4n) is 5.73. The van der Waals surface area contributed by atoms with Crippen LogP contribution in [0, 0.1) is 23.2 Å². The van der Waals surface area contributed by atoms with Gasteiger partial charge in [-0.3, -0.25) is 14.4 Å². The molecule has 1 atom stereocenters.